The summed E-state index contributed by atoms with van der Waals surface area (Å²) in [5.74, 6) is 2.69. The molecule has 1 aromatic rings. The Bertz CT molecular complexity index is 583. The summed E-state index contributed by atoms with van der Waals surface area (Å²) >= 11 is 0. The lowest BCUT2D eigenvalue weighted by molar-refractivity contribution is -0.134. The van der Waals surface area contributed by atoms with E-state index in [1.54, 1.807) is 0 Å². The Balaban J connectivity index is 1.51. The van der Waals surface area contributed by atoms with Crippen LogP contribution in [0.3, 0.4) is 0 Å². The van der Waals surface area contributed by atoms with Crippen LogP contribution in [-0.4, -0.2) is 33.8 Å². The van der Waals surface area contributed by atoms with Crippen molar-refractivity contribution in [3.8, 4) is 0 Å². The molecule has 120 valence electrons. The van der Waals surface area contributed by atoms with E-state index in [0.717, 1.165) is 50.5 Å². The zero-order chi connectivity index (χ0) is 15.2. The number of aryl methyl sites for hydroxylation is 1. The summed E-state index contributed by atoms with van der Waals surface area (Å²) in [4.78, 5) is 13.0. The van der Waals surface area contributed by atoms with Crippen LogP contribution in [0.1, 0.15) is 56.7 Å². The highest BCUT2D eigenvalue weighted by Crippen LogP contribution is 2.44. The molecule has 22 heavy (non-hydrogen) atoms. The molecule has 2 N–H and O–H groups in total. The minimum Gasteiger partial charge on any atom is -0.346 e. The fourth-order valence-electron chi connectivity index (χ4n) is 4.59. The minimum absolute atomic E-state index is 0.0654. The van der Waals surface area contributed by atoms with Crippen LogP contribution in [0.15, 0.2) is 0 Å². The highest BCUT2D eigenvalue weighted by Gasteiger charge is 2.50. The molecule has 0 aromatic carbocycles. The molecule has 2 fully saturated rings. The molecule has 1 saturated heterocycles. The van der Waals surface area contributed by atoms with E-state index in [2.05, 4.69) is 25.4 Å². The predicted octanol–water partition coefficient (Wildman–Crippen LogP) is 1.18. The number of nitrogens with zero attached hydrogens (tertiary/aromatic N) is 3. The van der Waals surface area contributed by atoms with Crippen molar-refractivity contribution in [1.82, 2.24) is 25.4 Å². The normalized spacial score (nSPS) is 31.6. The van der Waals surface area contributed by atoms with Crippen molar-refractivity contribution >= 4 is 5.91 Å². The van der Waals surface area contributed by atoms with Gasteiger partial charge in [0.1, 0.15) is 5.82 Å². The van der Waals surface area contributed by atoms with Crippen LogP contribution in [0, 0.1) is 11.3 Å². The van der Waals surface area contributed by atoms with Crippen molar-refractivity contribution in [3.05, 3.63) is 11.6 Å². The lowest BCUT2D eigenvalue weighted by atomic mass is 9.67. The van der Waals surface area contributed by atoms with Crippen LogP contribution in [-0.2, 0) is 17.8 Å². The summed E-state index contributed by atoms with van der Waals surface area (Å²) in [6.07, 6.45) is 6.75. The third-order valence-corrected chi connectivity index (χ3v) is 5.86. The molecule has 1 amide bonds. The second-order valence-electron chi connectivity index (χ2n) is 7.15. The predicted molar refractivity (Wildman–Crippen MR) is 82.2 cm³/mol. The monoisotopic (exact) mass is 303 g/mol. The average Bonchev–Trinajstić information content (AvgIpc) is 3.21. The van der Waals surface area contributed by atoms with E-state index in [9.17, 15) is 4.79 Å². The summed E-state index contributed by atoms with van der Waals surface area (Å²) < 4.78 is 2.17. The molecule has 0 radical (unpaired) electrons. The van der Waals surface area contributed by atoms with Crippen molar-refractivity contribution in [2.75, 3.05) is 13.1 Å². The van der Waals surface area contributed by atoms with Gasteiger partial charge in [0.2, 0.25) is 5.91 Å². The van der Waals surface area contributed by atoms with Gasteiger partial charge in [0, 0.05) is 19.5 Å². The number of rotatable bonds is 3. The van der Waals surface area contributed by atoms with E-state index < -0.39 is 0 Å². The summed E-state index contributed by atoms with van der Waals surface area (Å²) in [6.45, 7) is 4.83. The third-order valence-electron chi connectivity index (χ3n) is 5.86. The van der Waals surface area contributed by atoms with Crippen LogP contribution in [0.2, 0.25) is 0 Å². The maximum Gasteiger partial charge on any atom is 0.228 e. The zero-order valence-corrected chi connectivity index (χ0v) is 13.3. The molecule has 3 atom stereocenters. The summed E-state index contributed by atoms with van der Waals surface area (Å²) in [7, 11) is 0. The fraction of sp³-hybridized carbons (Fsp3) is 0.812. The van der Waals surface area contributed by atoms with E-state index in [-0.39, 0.29) is 17.4 Å². The van der Waals surface area contributed by atoms with Gasteiger partial charge in [0.25, 0.3) is 0 Å². The maximum absolute atomic E-state index is 13.0. The third kappa shape index (κ3) is 2.07. The molecule has 3 aliphatic rings. The van der Waals surface area contributed by atoms with Gasteiger partial charge in [-0.1, -0.05) is 12.8 Å². The molecular weight excluding hydrogens is 278 g/mol. The first-order valence-electron chi connectivity index (χ1n) is 8.64. The number of amides is 1. The standard InChI is InChI=1S/C16H25N5O/c1-11(14-20-19-13-6-4-8-21(13)14)18-15(22)16-7-3-2-5-12(16)9-17-10-16/h11-12,17H,2-10H2,1H3,(H,18,22)/t11?,12-,16+/m0/s1. The van der Waals surface area contributed by atoms with Crippen LogP contribution in [0.4, 0.5) is 0 Å². The van der Waals surface area contributed by atoms with Gasteiger partial charge in [-0.05, 0) is 38.6 Å². The maximum atomic E-state index is 13.0. The highest BCUT2D eigenvalue weighted by molar-refractivity contribution is 5.84. The van der Waals surface area contributed by atoms with Gasteiger partial charge in [0.15, 0.2) is 5.82 Å². The Labute approximate surface area is 131 Å². The van der Waals surface area contributed by atoms with Crippen LogP contribution in [0.5, 0.6) is 0 Å². The van der Waals surface area contributed by atoms with Gasteiger partial charge < -0.3 is 15.2 Å². The molecule has 3 heterocycles. The Morgan fingerprint density at radius 3 is 3.23 bits per heavy atom. The smallest absolute Gasteiger partial charge is 0.228 e. The quantitative estimate of drug-likeness (QED) is 0.879. The molecule has 1 saturated carbocycles. The van der Waals surface area contributed by atoms with Crippen LogP contribution < -0.4 is 10.6 Å². The van der Waals surface area contributed by atoms with E-state index in [4.69, 9.17) is 0 Å². The van der Waals surface area contributed by atoms with Crippen LogP contribution in [0.25, 0.3) is 0 Å². The number of aromatic nitrogens is 3. The molecule has 4 rings (SSSR count). The molecule has 1 aliphatic carbocycles. The number of hydrogen-bond donors (Lipinski definition) is 2. The van der Waals surface area contributed by atoms with Crippen molar-refractivity contribution in [2.24, 2.45) is 11.3 Å². The highest BCUT2D eigenvalue weighted by atomic mass is 16.2. The number of carbonyl (C=O) groups excluding carboxylic acids is 1. The Hall–Kier alpha value is -1.43. The minimum atomic E-state index is -0.194. The lowest BCUT2D eigenvalue weighted by Crippen LogP contribution is -2.48. The van der Waals surface area contributed by atoms with Gasteiger partial charge >= 0.3 is 0 Å². The van der Waals surface area contributed by atoms with Gasteiger partial charge in [-0.3, -0.25) is 4.79 Å². The summed E-state index contributed by atoms with van der Waals surface area (Å²) in [5, 5.41) is 15.2. The van der Waals surface area contributed by atoms with Crippen molar-refractivity contribution in [2.45, 2.75) is 58.0 Å². The molecule has 1 aromatic heterocycles. The second-order valence-corrected chi connectivity index (χ2v) is 7.15. The van der Waals surface area contributed by atoms with E-state index in [0.29, 0.717) is 5.92 Å². The summed E-state index contributed by atoms with van der Waals surface area (Å²) in [5.41, 5.74) is -0.194. The topological polar surface area (TPSA) is 71.8 Å². The number of fused-ring (bicyclic) bond motifs is 2. The zero-order valence-electron chi connectivity index (χ0n) is 13.3. The fourth-order valence-corrected chi connectivity index (χ4v) is 4.59. The van der Waals surface area contributed by atoms with Gasteiger partial charge in [0.05, 0.1) is 11.5 Å². The van der Waals surface area contributed by atoms with E-state index in [1.807, 2.05) is 6.92 Å². The van der Waals surface area contributed by atoms with Crippen LogP contribution >= 0.6 is 0 Å². The molecule has 0 bridgehead atoms. The van der Waals surface area contributed by atoms with E-state index >= 15 is 0 Å². The van der Waals surface area contributed by atoms with Crippen molar-refractivity contribution in [3.63, 3.8) is 0 Å². The molecule has 2 aliphatic heterocycles. The first-order valence-corrected chi connectivity index (χ1v) is 8.64. The summed E-state index contributed by atoms with van der Waals surface area (Å²) in [6, 6.07) is -0.0654. The number of nitrogens with one attached hydrogen (secondary N) is 2. The van der Waals surface area contributed by atoms with E-state index in [1.165, 1.54) is 19.3 Å². The number of hydrogen-bond acceptors (Lipinski definition) is 4. The van der Waals surface area contributed by atoms with Crippen molar-refractivity contribution in [1.29, 1.82) is 0 Å². The largest absolute Gasteiger partial charge is 0.346 e. The Morgan fingerprint density at radius 2 is 2.32 bits per heavy atom. The SMILES string of the molecule is CC(NC(=O)[C@@]12CCCC[C@H]1CNC2)c1nnc2n1CCC2. The average molecular weight is 303 g/mol. The first-order chi connectivity index (χ1) is 10.7. The molecule has 0 spiro atoms. The number of carbonyl (C=O) groups is 1. The molecule has 6 nitrogen and oxygen atoms in total. The second kappa shape index (κ2) is 5.33. The molecular formula is C16H25N5O. The van der Waals surface area contributed by atoms with Gasteiger partial charge in [-0.15, -0.1) is 10.2 Å². The van der Waals surface area contributed by atoms with Crippen molar-refractivity contribution < 1.29 is 4.79 Å². The Kier molecular flexibility index (Phi) is 3.44. The first kappa shape index (κ1) is 14.2. The molecule has 1 unspecified atom stereocenters. The van der Waals surface area contributed by atoms with Gasteiger partial charge in [-0.25, -0.2) is 0 Å². The lowest BCUT2D eigenvalue weighted by Gasteiger charge is -2.37. The Morgan fingerprint density at radius 1 is 1.41 bits per heavy atom. The van der Waals surface area contributed by atoms with Gasteiger partial charge in [-0.2, -0.15) is 0 Å². The molecule has 6 heteroatoms.